The molecule has 1 aromatic carbocycles. The first kappa shape index (κ1) is 18.1. The highest BCUT2D eigenvalue weighted by atomic mass is 16.2. The minimum Gasteiger partial charge on any atom is -0.322 e. The fourth-order valence-corrected chi connectivity index (χ4v) is 4.35. The first-order chi connectivity index (χ1) is 13.0. The summed E-state index contributed by atoms with van der Waals surface area (Å²) in [6.45, 7) is 5.36. The zero-order valence-corrected chi connectivity index (χ0v) is 15.6. The van der Waals surface area contributed by atoms with Gasteiger partial charge in [-0.2, -0.15) is 0 Å². The molecule has 0 aliphatic carbocycles. The van der Waals surface area contributed by atoms with Crippen LogP contribution >= 0.6 is 0 Å². The van der Waals surface area contributed by atoms with Crippen LogP contribution in [0.5, 0.6) is 0 Å². The lowest BCUT2D eigenvalue weighted by atomic mass is 10.0. The number of amides is 3. The van der Waals surface area contributed by atoms with Crippen LogP contribution in [0.15, 0.2) is 18.2 Å². The van der Waals surface area contributed by atoms with E-state index in [0.29, 0.717) is 37.0 Å². The first-order valence-corrected chi connectivity index (χ1v) is 9.74. The lowest BCUT2D eigenvalue weighted by molar-refractivity contribution is -0.136. The molecule has 3 atom stereocenters. The van der Waals surface area contributed by atoms with Crippen molar-refractivity contribution in [3.63, 3.8) is 0 Å². The Morgan fingerprint density at radius 3 is 2.81 bits per heavy atom. The van der Waals surface area contributed by atoms with E-state index in [-0.39, 0.29) is 24.1 Å². The summed E-state index contributed by atoms with van der Waals surface area (Å²) >= 11 is 0. The Morgan fingerprint density at radius 1 is 1.22 bits per heavy atom. The fourth-order valence-electron chi connectivity index (χ4n) is 4.35. The predicted molar refractivity (Wildman–Crippen MR) is 99.8 cm³/mol. The van der Waals surface area contributed by atoms with Gasteiger partial charge in [-0.15, -0.1) is 0 Å². The molecular weight excluding hydrogens is 344 g/mol. The monoisotopic (exact) mass is 370 g/mol. The fraction of sp³-hybridized carbons (Fsp3) is 0.550. The van der Waals surface area contributed by atoms with Gasteiger partial charge in [0.05, 0.1) is 0 Å². The summed E-state index contributed by atoms with van der Waals surface area (Å²) in [5, 5.41) is 9.37. The summed E-state index contributed by atoms with van der Waals surface area (Å²) in [7, 11) is 0. The van der Waals surface area contributed by atoms with Gasteiger partial charge in [-0.1, -0.05) is 19.1 Å². The van der Waals surface area contributed by atoms with Crippen LogP contribution in [0, 0.1) is 5.92 Å². The van der Waals surface area contributed by atoms with E-state index in [1.54, 1.807) is 4.90 Å². The molecular formula is C20H26N4O3. The van der Waals surface area contributed by atoms with E-state index < -0.39 is 6.04 Å². The number of nitrogens with zero attached hydrogens (tertiary/aromatic N) is 1. The maximum Gasteiger partial charge on any atom is 0.255 e. The number of carbonyl (C=O) groups is 3. The zero-order chi connectivity index (χ0) is 19.0. The molecule has 3 N–H and O–H groups in total. The number of piperidine rings is 1. The van der Waals surface area contributed by atoms with Gasteiger partial charge in [0, 0.05) is 37.7 Å². The molecule has 7 nitrogen and oxygen atoms in total. The van der Waals surface area contributed by atoms with E-state index in [1.165, 1.54) is 6.42 Å². The van der Waals surface area contributed by atoms with Gasteiger partial charge in [0.15, 0.2) is 0 Å². The van der Waals surface area contributed by atoms with Gasteiger partial charge < -0.3 is 15.5 Å². The van der Waals surface area contributed by atoms with E-state index in [4.69, 9.17) is 0 Å². The maximum absolute atomic E-state index is 12.8. The minimum atomic E-state index is -0.563. The largest absolute Gasteiger partial charge is 0.322 e. The van der Waals surface area contributed by atoms with Crippen LogP contribution in [0.2, 0.25) is 0 Å². The molecule has 1 aromatic rings. The molecule has 144 valence electrons. The van der Waals surface area contributed by atoms with E-state index in [2.05, 4.69) is 22.9 Å². The van der Waals surface area contributed by atoms with Crippen LogP contribution in [-0.2, 0) is 22.7 Å². The summed E-state index contributed by atoms with van der Waals surface area (Å²) in [6.07, 6.45) is 1.88. The van der Waals surface area contributed by atoms with Gasteiger partial charge in [-0.3, -0.25) is 19.7 Å². The lowest BCUT2D eigenvalue weighted by Crippen LogP contribution is -2.52. The minimum absolute atomic E-state index is 0.118. The van der Waals surface area contributed by atoms with Crippen LogP contribution in [0.4, 0.5) is 0 Å². The topological polar surface area (TPSA) is 90.5 Å². The number of fused-ring (bicyclic) bond motifs is 1. The molecule has 3 amide bonds. The number of rotatable bonds is 5. The number of imide groups is 1. The second-order valence-electron chi connectivity index (χ2n) is 7.80. The molecule has 0 bridgehead atoms. The highest BCUT2D eigenvalue weighted by molar-refractivity contribution is 6.05. The molecule has 0 spiro atoms. The molecule has 0 radical (unpaired) electrons. The Morgan fingerprint density at radius 2 is 2.07 bits per heavy atom. The summed E-state index contributed by atoms with van der Waals surface area (Å²) in [5.41, 5.74) is 2.76. The first-order valence-electron chi connectivity index (χ1n) is 9.74. The van der Waals surface area contributed by atoms with Crippen molar-refractivity contribution in [2.24, 2.45) is 5.92 Å². The molecule has 27 heavy (non-hydrogen) atoms. The number of carbonyl (C=O) groups excluding carboxylic acids is 3. The van der Waals surface area contributed by atoms with Crippen molar-refractivity contribution in [3.05, 3.63) is 34.9 Å². The van der Waals surface area contributed by atoms with Crippen molar-refractivity contribution in [3.8, 4) is 0 Å². The summed E-state index contributed by atoms with van der Waals surface area (Å²) < 4.78 is 0. The zero-order valence-electron chi connectivity index (χ0n) is 15.6. The molecule has 0 saturated carbocycles. The second kappa shape index (κ2) is 7.40. The highest BCUT2D eigenvalue weighted by Crippen LogP contribution is 2.29. The number of hydrogen-bond acceptors (Lipinski definition) is 5. The number of benzene rings is 1. The van der Waals surface area contributed by atoms with Crippen LogP contribution in [-0.4, -0.2) is 47.8 Å². The van der Waals surface area contributed by atoms with Crippen molar-refractivity contribution in [2.75, 3.05) is 13.1 Å². The maximum atomic E-state index is 12.8. The van der Waals surface area contributed by atoms with Crippen LogP contribution in [0.25, 0.3) is 0 Å². The third-order valence-electron chi connectivity index (χ3n) is 6.05. The normalized spacial score (nSPS) is 27.8. The SMILES string of the molecule is CC1CCNC1CNCc1cccc2c1CN(C1CCC(=O)NC1=O)C2=O. The van der Waals surface area contributed by atoms with Gasteiger partial charge in [0.25, 0.3) is 5.91 Å². The van der Waals surface area contributed by atoms with Crippen LogP contribution in [0.3, 0.4) is 0 Å². The third kappa shape index (κ3) is 3.49. The van der Waals surface area contributed by atoms with Crippen molar-refractivity contribution in [1.82, 2.24) is 20.9 Å². The molecule has 3 heterocycles. The van der Waals surface area contributed by atoms with E-state index in [0.717, 1.165) is 24.2 Å². The quantitative estimate of drug-likeness (QED) is 0.658. The molecule has 7 heteroatoms. The Labute approximate surface area is 158 Å². The second-order valence-corrected chi connectivity index (χ2v) is 7.80. The number of hydrogen-bond donors (Lipinski definition) is 3. The molecule has 4 rings (SSSR count). The molecule has 0 aromatic heterocycles. The predicted octanol–water partition coefficient (Wildman–Crippen LogP) is 0.535. The van der Waals surface area contributed by atoms with Crippen molar-refractivity contribution in [2.45, 2.75) is 51.4 Å². The average Bonchev–Trinajstić information content (AvgIpc) is 3.20. The summed E-state index contributed by atoms with van der Waals surface area (Å²) in [5.74, 6) is -0.0792. The lowest BCUT2D eigenvalue weighted by Gasteiger charge is -2.29. The Hall–Kier alpha value is -2.25. The van der Waals surface area contributed by atoms with Crippen LogP contribution in [0.1, 0.15) is 47.7 Å². The van der Waals surface area contributed by atoms with Gasteiger partial charge in [0.1, 0.15) is 6.04 Å². The van der Waals surface area contributed by atoms with Gasteiger partial charge in [0.2, 0.25) is 11.8 Å². The third-order valence-corrected chi connectivity index (χ3v) is 6.05. The Balaban J connectivity index is 1.44. The number of nitrogens with one attached hydrogen (secondary N) is 3. The Bertz CT molecular complexity index is 778. The molecule has 3 aliphatic rings. The Kier molecular flexibility index (Phi) is 4.97. The van der Waals surface area contributed by atoms with Gasteiger partial charge in [-0.25, -0.2) is 0 Å². The molecule has 3 unspecified atom stereocenters. The molecule has 2 saturated heterocycles. The highest BCUT2D eigenvalue weighted by Gasteiger charge is 2.39. The standard InChI is InChI=1S/C20H26N4O3/c1-12-7-8-22-16(12)10-21-9-13-3-2-4-14-15(13)11-24(20(14)27)17-5-6-18(25)23-19(17)26/h2-4,12,16-17,21-22H,5-11H2,1H3,(H,23,25,26). The van der Waals surface area contributed by atoms with Crippen molar-refractivity contribution < 1.29 is 14.4 Å². The van der Waals surface area contributed by atoms with Gasteiger partial charge in [-0.05, 0) is 42.5 Å². The van der Waals surface area contributed by atoms with E-state index in [1.807, 2.05) is 18.2 Å². The summed E-state index contributed by atoms with van der Waals surface area (Å²) in [6, 6.07) is 5.69. The van der Waals surface area contributed by atoms with Crippen molar-refractivity contribution >= 4 is 17.7 Å². The molecule has 2 fully saturated rings. The average molecular weight is 370 g/mol. The van der Waals surface area contributed by atoms with E-state index >= 15 is 0 Å². The van der Waals surface area contributed by atoms with Crippen LogP contribution < -0.4 is 16.0 Å². The smallest absolute Gasteiger partial charge is 0.255 e. The summed E-state index contributed by atoms with van der Waals surface area (Å²) in [4.78, 5) is 38.0. The van der Waals surface area contributed by atoms with Gasteiger partial charge >= 0.3 is 0 Å². The molecule has 3 aliphatic heterocycles. The van der Waals surface area contributed by atoms with E-state index in [9.17, 15) is 14.4 Å². The van der Waals surface area contributed by atoms with Crippen molar-refractivity contribution in [1.29, 1.82) is 0 Å².